The number of aromatic nitrogens is 1. The van der Waals surface area contributed by atoms with Crippen LogP contribution >= 0.6 is 11.8 Å². The van der Waals surface area contributed by atoms with Crippen LogP contribution in [0.5, 0.6) is 0 Å². The number of oxazole rings is 1. The Morgan fingerprint density at radius 2 is 2.09 bits per heavy atom. The fraction of sp³-hybridized carbons (Fsp3) is 0.429. The highest BCUT2D eigenvalue weighted by atomic mass is 32.2. The maximum Gasteiger partial charge on any atom is 0.320 e. The van der Waals surface area contributed by atoms with E-state index >= 15 is 0 Å². The van der Waals surface area contributed by atoms with Crippen molar-refractivity contribution in [2.45, 2.75) is 34.8 Å². The molecule has 2 heterocycles. The quantitative estimate of drug-likeness (QED) is 0.773. The van der Waals surface area contributed by atoms with Gasteiger partial charge in [0, 0.05) is 20.5 Å². The Balaban J connectivity index is 1.89. The zero-order valence-corrected chi connectivity index (χ0v) is 14.5. The lowest BCUT2D eigenvalue weighted by Crippen LogP contribution is -2.22. The fourth-order valence-electron chi connectivity index (χ4n) is 2.25. The van der Waals surface area contributed by atoms with Gasteiger partial charge in [-0.05, 0) is 25.1 Å². The topological polar surface area (TPSA) is 89.7 Å². The van der Waals surface area contributed by atoms with Gasteiger partial charge in [0.15, 0.2) is 5.58 Å². The number of ether oxygens (including phenoxy) is 1. The second kappa shape index (κ2) is 5.81. The van der Waals surface area contributed by atoms with Crippen molar-refractivity contribution in [3.8, 4) is 0 Å². The molecule has 2 atom stereocenters. The van der Waals surface area contributed by atoms with E-state index in [2.05, 4.69) is 4.98 Å². The Kier molecular flexibility index (Phi) is 4.11. The minimum absolute atomic E-state index is 0.110. The molecular formula is C14H16N2O5S2. The molecule has 7 nitrogen and oxygen atoms in total. The summed E-state index contributed by atoms with van der Waals surface area (Å²) in [6, 6.07) is 4.51. The van der Waals surface area contributed by atoms with Crippen LogP contribution in [0.1, 0.15) is 13.3 Å². The Hall–Kier alpha value is -1.58. The molecule has 0 spiro atoms. The lowest BCUT2D eigenvalue weighted by atomic mass is 10.3. The smallest absolute Gasteiger partial charge is 0.320 e. The first kappa shape index (κ1) is 16.3. The largest absolute Gasteiger partial charge is 0.462 e. The number of hydrogen-bond donors (Lipinski definition) is 0. The Morgan fingerprint density at radius 3 is 2.70 bits per heavy atom. The van der Waals surface area contributed by atoms with Gasteiger partial charge in [0.05, 0.1) is 4.90 Å². The molecule has 0 amide bonds. The third-order valence-electron chi connectivity index (χ3n) is 3.49. The molecular weight excluding hydrogens is 340 g/mol. The number of hydrogen-bond acceptors (Lipinski definition) is 7. The van der Waals surface area contributed by atoms with E-state index in [1.807, 2.05) is 6.92 Å². The van der Waals surface area contributed by atoms with Crippen molar-refractivity contribution < 1.29 is 22.4 Å². The van der Waals surface area contributed by atoms with Crippen molar-refractivity contribution in [3.63, 3.8) is 0 Å². The average molecular weight is 356 g/mol. The molecule has 23 heavy (non-hydrogen) atoms. The number of sulfonamides is 1. The molecule has 3 rings (SSSR count). The highest BCUT2D eigenvalue weighted by Crippen LogP contribution is 2.33. The molecule has 1 aliphatic rings. The fourth-order valence-corrected chi connectivity index (χ4v) is 4.22. The standard InChI is InChI=1S/C14H16N2O5S2/c1-8-6-12(13(17)20-8)22-14-15-10-7-9(4-5-11(10)21-14)23(18,19)16(2)3/h4-5,7-8,12H,6H2,1-3H3/t8-,12+/m1/s1. The van der Waals surface area contributed by atoms with Crippen LogP contribution in [0.4, 0.5) is 0 Å². The molecule has 2 aromatic rings. The van der Waals surface area contributed by atoms with E-state index in [1.165, 1.54) is 38.0 Å². The number of nitrogens with zero attached hydrogens (tertiary/aromatic N) is 2. The zero-order chi connectivity index (χ0) is 16.8. The second-order valence-corrected chi connectivity index (χ2v) is 8.79. The van der Waals surface area contributed by atoms with Crippen molar-refractivity contribution in [3.05, 3.63) is 18.2 Å². The van der Waals surface area contributed by atoms with Gasteiger partial charge in [-0.15, -0.1) is 0 Å². The first-order valence-corrected chi connectivity index (χ1v) is 9.29. The molecule has 1 aromatic heterocycles. The minimum atomic E-state index is -3.53. The van der Waals surface area contributed by atoms with E-state index in [4.69, 9.17) is 9.15 Å². The third kappa shape index (κ3) is 3.08. The van der Waals surface area contributed by atoms with Gasteiger partial charge in [0.25, 0.3) is 5.22 Å². The summed E-state index contributed by atoms with van der Waals surface area (Å²) in [5.74, 6) is -0.277. The molecule has 0 bridgehead atoms. The SMILES string of the molecule is C[C@@H]1C[C@H](Sc2nc3cc(S(=O)(=O)N(C)C)ccc3o2)C(=O)O1. The Morgan fingerprint density at radius 1 is 1.35 bits per heavy atom. The van der Waals surface area contributed by atoms with Crippen LogP contribution < -0.4 is 0 Å². The van der Waals surface area contributed by atoms with Crippen molar-refractivity contribution in [1.29, 1.82) is 0 Å². The van der Waals surface area contributed by atoms with Crippen LogP contribution in [-0.4, -0.2) is 49.1 Å². The highest BCUT2D eigenvalue weighted by molar-refractivity contribution is 8.00. The second-order valence-electron chi connectivity index (χ2n) is 5.49. The molecule has 124 valence electrons. The highest BCUT2D eigenvalue weighted by Gasteiger charge is 2.34. The van der Waals surface area contributed by atoms with E-state index < -0.39 is 10.0 Å². The average Bonchev–Trinajstić information content (AvgIpc) is 3.00. The maximum absolute atomic E-state index is 12.1. The van der Waals surface area contributed by atoms with Gasteiger partial charge in [-0.25, -0.2) is 17.7 Å². The van der Waals surface area contributed by atoms with Gasteiger partial charge < -0.3 is 9.15 Å². The van der Waals surface area contributed by atoms with E-state index in [-0.39, 0.29) is 22.2 Å². The van der Waals surface area contributed by atoms with Gasteiger partial charge in [-0.2, -0.15) is 0 Å². The molecule has 0 saturated carbocycles. The molecule has 0 unspecified atom stereocenters. The summed E-state index contributed by atoms with van der Waals surface area (Å²) in [4.78, 5) is 16.1. The first-order valence-electron chi connectivity index (χ1n) is 6.97. The lowest BCUT2D eigenvalue weighted by Gasteiger charge is -2.10. The van der Waals surface area contributed by atoms with Gasteiger partial charge >= 0.3 is 5.97 Å². The molecule has 0 radical (unpaired) electrons. The Bertz CT molecular complexity index is 859. The van der Waals surface area contributed by atoms with E-state index in [1.54, 1.807) is 6.07 Å². The van der Waals surface area contributed by atoms with Crippen molar-refractivity contribution >= 4 is 38.9 Å². The lowest BCUT2D eigenvalue weighted by molar-refractivity contribution is -0.140. The number of fused-ring (bicyclic) bond motifs is 1. The summed E-state index contributed by atoms with van der Waals surface area (Å²) < 4.78 is 36.1. The molecule has 1 aliphatic heterocycles. The van der Waals surface area contributed by atoms with Crippen LogP contribution in [-0.2, 0) is 19.6 Å². The van der Waals surface area contributed by atoms with Gasteiger partial charge in [0.1, 0.15) is 16.9 Å². The van der Waals surface area contributed by atoms with Crippen LogP contribution in [0.3, 0.4) is 0 Å². The summed E-state index contributed by atoms with van der Waals surface area (Å²) in [6.07, 6.45) is 0.490. The van der Waals surface area contributed by atoms with Gasteiger partial charge in [-0.3, -0.25) is 4.79 Å². The van der Waals surface area contributed by atoms with E-state index in [9.17, 15) is 13.2 Å². The number of benzene rings is 1. The summed E-state index contributed by atoms with van der Waals surface area (Å²) in [5.41, 5.74) is 0.916. The Labute approximate surface area is 138 Å². The van der Waals surface area contributed by atoms with Crippen molar-refractivity contribution in [1.82, 2.24) is 9.29 Å². The predicted octanol–water partition coefficient (Wildman–Crippen LogP) is 1.87. The predicted molar refractivity (Wildman–Crippen MR) is 84.7 cm³/mol. The number of carbonyl (C=O) groups excluding carboxylic acids is 1. The maximum atomic E-state index is 12.1. The molecule has 0 N–H and O–H groups in total. The summed E-state index contributed by atoms with van der Waals surface area (Å²) in [7, 11) is -0.589. The minimum Gasteiger partial charge on any atom is -0.462 e. The molecule has 9 heteroatoms. The number of esters is 1. The molecule has 1 fully saturated rings. The molecule has 1 aromatic carbocycles. The number of carbonyl (C=O) groups is 1. The summed E-state index contributed by atoms with van der Waals surface area (Å²) >= 11 is 1.20. The van der Waals surface area contributed by atoms with E-state index in [0.29, 0.717) is 22.7 Å². The van der Waals surface area contributed by atoms with Gasteiger partial charge in [0.2, 0.25) is 10.0 Å². The van der Waals surface area contributed by atoms with Crippen LogP contribution in [0.15, 0.2) is 32.7 Å². The summed E-state index contributed by atoms with van der Waals surface area (Å²) in [5, 5.41) is -0.0153. The molecule has 0 aliphatic carbocycles. The third-order valence-corrected chi connectivity index (χ3v) is 6.34. The summed E-state index contributed by atoms with van der Waals surface area (Å²) in [6.45, 7) is 1.84. The van der Waals surface area contributed by atoms with Crippen LogP contribution in [0, 0.1) is 0 Å². The number of thioether (sulfide) groups is 1. The number of rotatable bonds is 4. The van der Waals surface area contributed by atoms with Gasteiger partial charge in [-0.1, -0.05) is 11.8 Å². The zero-order valence-electron chi connectivity index (χ0n) is 12.8. The van der Waals surface area contributed by atoms with Crippen molar-refractivity contribution in [2.75, 3.05) is 14.1 Å². The monoisotopic (exact) mass is 356 g/mol. The van der Waals surface area contributed by atoms with Crippen LogP contribution in [0.2, 0.25) is 0 Å². The van der Waals surface area contributed by atoms with Crippen molar-refractivity contribution in [2.24, 2.45) is 0 Å². The normalized spacial score (nSPS) is 22.0. The molecule has 1 saturated heterocycles. The van der Waals surface area contributed by atoms with Crippen LogP contribution in [0.25, 0.3) is 11.1 Å². The number of cyclic esters (lactones) is 1. The first-order chi connectivity index (χ1) is 10.8. The van der Waals surface area contributed by atoms with E-state index in [0.717, 1.165) is 4.31 Å².